The van der Waals surface area contributed by atoms with Crippen LogP contribution in [0.3, 0.4) is 0 Å². The third-order valence-electron chi connectivity index (χ3n) is 1.64. The molecule has 0 aliphatic rings. The van der Waals surface area contributed by atoms with E-state index in [1.54, 1.807) is 36.4 Å². The van der Waals surface area contributed by atoms with E-state index in [-0.39, 0.29) is 19.0 Å². The van der Waals surface area contributed by atoms with E-state index in [4.69, 9.17) is 14.9 Å². The molecule has 1 aromatic rings. The van der Waals surface area contributed by atoms with E-state index in [2.05, 4.69) is 0 Å². The first-order valence-corrected chi connectivity index (χ1v) is 4.43. The van der Waals surface area contributed by atoms with Crippen LogP contribution in [0, 0.1) is 0 Å². The number of carbonyl (C=O) groups is 1. The van der Waals surface area contributed by atoms with Gasteiger partial charge in [-0.3, -0.25) is 0 Å². The lowest BCUT2D eigenvalue weighted by Crippen LogP contribution is -2.06. The first kappa shape index (κ1) is 11.3. The van der Waals surface area contributed by atoms with Crippen LogP contribution in [0.4, 0.5) is 0 Å². The van der Waals surface area contributed by atoms with Crippen molar-refractivity contribution in [2.45, 2.75) is 0 Å². The van der Waals surface area contributed by atoms with E-state index in [0.29, 0.717) is 0 Å². The van der Waals surface area contributed by atoms with Crippen LogP contribution < -0.4 is 0 Å². The smallest absolute Gasteiger partial charge is 0.329 e. The zero-order valence-electron chi connectivity index (χ0n) is 8.09. The van der Waals surface area contributed by atoms with Gasteiger partial charge in [-0.05, 0) is 17.7 Å². The lowest BCUT2D eigenvalue weighted by Gasteiger charge is -1.96. The molecule has 2 N–H and O–H groups in total. The van der Waals surface area contributed by atoms with Gasteiger partial charge in [-0.15, -0.1) is 0 Å². The Morgan fingerprint density at radius 1 is 1.33 bits per heavy atom. The summed E-state index contributed by atoms with van der Waals surface area (Å²) in [5.41, 5.74) is 0.923. The summed E-state index contributed by atoms with van der Waals surface area (Å²) in [6.07, 6.45) is 3.51. The van der Waals surface area contributed by atoms with Crippen LogP contribution in [0.1, 0.15) is 5.56 Å². The summed E-state index contributed by atoms with van der Waals surface area (Å²) in [6, 6.07) is 6.67. The van der Waals surface area contributed by atoms with Crippen molar-refractivity contribution in [2.24, 2.45) is 0 Å². The predicted octanol–water partition coefficient (Wildman–Crippen LogP) is 1.51. The van der Waals surface area contributed by atoms with Gasteiger partial charge >= 0.3 is 5.97 Å². The van der Waals surface area contributed by atoms with Crippen LogP contribution in [-0.2, 0) is 9.53 Å². The quantitative estimate of drug-likeness (QED) is 0.720. The number of phenolic OH excluding ortho intramolecular Hbond substituents is 1. The average Bonchev–Trinajstić information content (AvgIpc) is 2.20. The molecule has 1 rings (SSSR count). The molecule has 0 aromatic heterocycles. The predicted molar refractivity (Wildman–Crippen MR) is 55.6 cm³/mol. The first-order chi connectivity index (χ1) is 7.18. The highest BCUT2D eigenvalue weighted by Gasteiger charge is 1.93. The monoisotopic (exact) mass is 208 g/mol. The van der Waals surface area contributed by atoms with E-state index in [9.17, 15) is 4.79 Å². The summed E-state index contributed by atoms with van der Waals surface area (Å²) in [6.45, 7) is -0.0346. The number of rotatable bonds is 5. The molecule has 0 bridgehead atoms. The molecule has 15 heavy (non-hydrogen) atoms. The van der Waals surface area contributed by atoms with E-state index >= 15 is 0 Å². The number of benzene rings is 1. The summed E-state index contributed by atoms with van der Waals surface area (Å²) in [5.74, 6) is -0.762. The van der Waals surface area contributed by atoms with Crippen LogP contribution in [0.2, 0.25) is 0 Å². The fraction of sp³-hybridized carbons (Fsp3) is 0.182. The van der Waals surface area contributed by atoms with Gasteiger partial charge in [-0.25, -0.2) is 4.79 Å². The van der Waals surface area contributed by atoms with E-state index in [1.807, 2.05) is 0 Å². The van der Waals surface area contributed by atoms with Crippen molar-refractivity contribution in [3.63, 3.8) is 0 Å². The van der Waals surface area contributed by atoms with Crippen LogP contribution in [-0.4, -0.2) is 29.4 Å². The van der Waals surface area contributed by atoms with Gasteiger partial charge in [0.05, 0.1) is 6.61 Å². The summed E-state index contributed by atoms with van der Waals surface area (Å²) in [4.78, 5) is 10.1. The summed E-state index contributed by atoms with van der Waals surface area (Å²) in [7, 11) is 0. The largest absolute Gasteiger partial charge is 0.508 e. The molecule has 4 heteroatoms. The molecule has 0 atom stereocenters. The van der Waals surface area contributed by atoms with Crippen molar-refractivity contribution >= 4 is 12.0 Å². The minimum Gasteiger partial charge on any atom is -0.508 e. The number of ether oxygens (including phenoxy) is 1. The van der Waals surface area contributed by atoms with Gasteiger partial charge in [-0.1, -0.05) is 24.3 Å². The Kier molecular flexibility index (Phi) is 4.37. The van der Waals surface area contributed by atoms with Gasteiger partial charge in [0.2, 0.25) is 0 Å². The van der Waals surface area contributed by atoms with Gasteiger partial charge in [0.1, 0.15) is 12.4 Å². The lowest BCUT2D eigenvalue weighted by atomic mass is 10.2. The summed E-state index contributed by atoms with van der Waals surface area (Å²) in [5, 5.41) is 17.3. The Morgan fingerprint density at radius 3 is 2.60 bits per heavy atom. The Hall–Kier alpha value is -1.81. The molecule has 0 aliphatic carbocycles. The minimum absolute atomic E-state index is 0.217. The van der Waals surface area contributed by atoms with Crippen molar-refractivity contribution in [3.05, 3.63) is 35.9 Å². The Balaban J connectivity index is 2.32. The number of hydrogen-bond acceptors (Lipinski definition) is 3. The Labute approximate surface area is 87.4 Å². The SMILES string of the molecule is O=C(O)COC/C=C/c1ccc(O)cc1. The van der Waals surface area contributed by atoms with Gasteiger partial charge in [-0.2, -0.15) is 0 Å². The van der Waals surface area contributed by atoms with Gasteiger partial charge in [0.25, 0.3) is 0 Å². The lowest BCUT2D eigenvalue weighted by molar-refractivity contribution is -0.141. The molecule has 0 fully saturated rings. The topological polar surface area (TPSA) is 66.8 Å². The number of phenols is 1. The van der Waals surface area contributed by atoms with E-state index in [0.717, 1.165) is 5.56 Å². The number of carboxylic acid groups (broad SMARTS) is 1. The normalized spacial score (nSPS) is 10.7. The second kappa shape index (κ2) is 5.82. The molecule has 0 radical (unpaired) electrons. The number of carboxylic acids is 1. The maximum Gasteiger partial charge on any atom is 0.329 e. The molecule has 4 nitrogen and oxygen atoms in total. The zero-order valence-corrected chi connectivity index (χ0v) is 8.09. The minimum atomic E-state index is -0.979. The second-order valence-corrected chi connectivity index (χ2v) is 2.90. The molecular formula is C11H12O4. The highest BCUT2D eigenvalue weighted by molar-refractivity contribution is 5.68. The molecule has 1 aromatic carbocycles. The van der Waals surface area contributed by atoms with E-state index in [1.165, 1.54) is 0 Å². The molecule has 0 saturated carbocycles. The second-order valence-electron chi connectivity index (χ2n) is 2.90. The highest BCUT2D eigenvalue weighted by Crippen LogP contribution is 2.10. The Bertz CT molecular complexity index is 340. The molecule has 0 aliphatic heterocycles. The van der Waals surface area contributed by atoms with Gasteiger partial charge in [0.15, 0.2) is 0 Å². The highest BCUT2D eigenvalue weighted by atomic mass is 16.5. The first-order valence-electron chi connectivity index (χ1n) is 4.43. The van der Waals surface area contributed by atoms with Crippen LogP contribution in [0.5, 0.6) is 5.75 Å². The van der Waals surface area contributed by atoms with Gasteiger partial charge < -0.3 is 14.9 Å². The Morgan fingerprint density at radius 2 is 2.00 bits per heavy atom. The fourth-order valence-electron chi connectivity index (χ4n) is 0.984. The molecule has 0 unspecified atom stereocenters. The van der Waals surface area contributed by atoms with E-state index < -0.39 is 5.97 Å². The molecule has 0 heterocycles. The standard InChI is InChI=1S/C11H12O4/c12-10-5-3-9(4-6-10)2-1-7-15-8-11(13)14/h1-6,12H,7-8H2,(H,13,14)/b2-1+. The van der Waals surface area contributed by atoms with Crippen LogP contribution >= 0.6 is 0 Å². The molecule has 0 amide bonds. The van der Waals surface area contributed by atoms with Crippen molar-refractivity contribution < 1.29 is 19.7 Å². The maximum atomic E-state index is 10.1. The number of hydrogen-bond donors (Lipinski definition) is 2. The number of aliphatic carboxylic acids is 1. The molecular weight excluding hydrogens is 196 g/mol. The summed E-state index contributed by atoms with van der Waals surface area (Å²) >= 11 is 0. The van der Waals surface area contributed by atoms with Crippen LogP contribution in [0.15, 0.2) is 30.3 Å². The summed E-state index contributed by atoms with van der Waals surface area (Å²) < 4.78 is 4.80. The van der Waals surface area contributed by atoms with Crippen molar-refractivity contribution in [2.75, 3.05) is 13.2 Å². The number of aromatic hydroxyl groups is 1. The molecule has 0 saturated heterocycles. The third-order valence-corrected chi connectivity index (χ3v) is 1.64. The zero-order chi connectivity index (χ0) is 11.1. The average molecular weight is 208 g/mol. The van der Waals surface area contributed by atoms with Crippen molar-refractivity contribution in [1.29, 1.82) is 0 Å². The fourth-order valence-corrected chi connectivity index (χ4v) is 0.984. The van der Waals surface area contributed by atoms with Crippen LogP contribution in [0.25, 0.3) is 6.08 Å². The van der Waals surface area contributed by atoms with Crippen molar-refractivity contribution in [3.8, 4) is 5.75 Å². The maximum absolute atomic E-state index is 10.1. The van der Waals surface area contributed by atoms with Crippen molar-refractivity contribution in [1.82, 2.24) is 0 Å². The third kappa shape index (κ3) is 4.83. The molecule has 0 spiro atoms. The van der Waals surface area contributed by atoms with Gasteiger partial charge in [0, 0.05) is 0 Å². The molecule has 80 valence electrons.